The summed E-state index contributed by atoms with van der Waals surface area (Å²) in [7, 11) is 3.41. The molecule has 24 heavy (non-hydrogen) atoms. The molecule has 6 rings (SSSR count). The van der Waals surface area contributed by atoms with Gasteiger partial charge in [0.25, 0.3) is 0 Å². The van der Waals surface area contributed by atoms with E-state index in [0.29, 0.717) is 18.1 Å². The number of benzene rings is 2. The molecule has 0 aromatic heterocycles. The van der Waals surface area contributed by atoms with Crippen molar-refractivity contribution in [3.63, 3.8) is 0 Å². The predicted octanol–water partition coefficient (Wildman–Crippen LogP) is 3.99. The summed E-state index contributed by atoms with van der Waals surface area (Å²) < 4.78 is 5.74. The van der Waals surface area contributed by atoms with Gasteiger partial charge in [-0.1, -0.05) is 30.3 Å². The van der Waals surface area contributed by atoms with Crippen molar-refractivity contribution in [1.29, 1.82) is 0 Å². The van der Waals surface area contributed by atoms with E-state index < -0.39 is 5.60 Å². The highest BCUT2D eigenvalue weighted by Gasteiger charge is 2.57. The van der Waals surface area contributed by atoms with Crippen molar-refractivity contribution >= 4 is 21.0 Å². The molecule has 2 nitrogen and oxygen atoms in total. The van der Waals surface area contributed by atoms with Gasteiger partial charge in [0.2, 0.25) is 0 Å². The Bertz CT molecular complexity index is 757. The average molecular weight is 335 g/mol. The van der Waals surface area contributed by atoms with E-state index in [2.05, 4.69) is 34.5 Å². The molecule has 0 saturated heterocycles. The van der Waals surface area contributed by atoms with Crippen molar-refractivity contribution < 1.29 is 9.84 Å². The summed E-state index contributed by atoms with van der Waals surface area (Å²) in [6, 6.07) is 12.5. The van der Waals surface area contributed by atoms with E-state index in [0.717, 1.165) is 33.9 Å². The van der Waals surface area contributed by atoms with Crippen molar-refractivity contribution in [2.75, 3.05) is 6.23 Å². The summed E-state index contributed by atoms with van der Waals surface area (Å²) in [5, 5.41) is 14.2. The molecular formula is C21H23O2Si. The van der Waals surface area contributed by atoms with Gasteiger partial charge in [-0.3, -0.25) is 0 Å². The van der Waals surface area contributed by atoms with Gasteiger partial charge in [0.1, 0.15) is 5.75 Å². The van der Waals surface area contributed by atoms with E-state index in [4.69, 9.17) is 4.74 Å². The Morgan fingerprint density at radius 1 is 0.917 bits per heavy atom. The third-order valence-electron chi connectivity index (χ3n) is 6.93. The van der Waals surface area contributed by atoms with Crippen LogP contribution in [0.2, 0.25) is 0 Å². The minimum Gasteiger partial charge on any atom is -0.497 e. The van der Waals surface area contributed by atoms with Crippen LogP contribution in [0.25, 0.3) is 10.8 Å². The van der Waals surface area contributed by atoms with Crippen LogP contribution in [0.1, 0.15) is 37.7 Å². The van der Waals surface area contributed by atoms with Crippen LogP contribution in [0.4, 0.5) is 0 Å². The maximum atomic E-state index is 11.9. The number of aliphatic hydroxyl groups is 1. The molecule has 0 amide bonds. The van der Waals surface area contributed by atoms with Crippen LogP contribution in [-0.4, -0.2) is 21.6 Å². The summed E-state index contributed by atoms with van der Waals surface area (Å²) >= 11 is 0. The molecule has 4 bridgehead atoms. The Morgan fingerprint density at radius 3 is 2.17 bits per heavy atom. The smallest absolute Gasteiger partial charge is 0.126 e. The Balaban J connectivity index is 1.68. The van der Waals surface area contributed by atoms with Crippen LogP contribution in [0, 0.1) is 23.7 Å². The van der Waals surface area contributed by atoms with Gasteiger partial charge in [0.15, 0.2) is 0 Å². The highest BCUT2D eigenvalue weighted by molar-refractivity contribution is 6.08. The second-order valence-corrected chi connectivity index (χ2v) is 8.36. The number of hydrogen-bond donors (Lipinski definition) is 1. The summed E-state index contributed by atoms with van der Waals surface area (Å²) in [4.78, 5) is 0. The molecular weight excluding hydrogens is 312 g/mol. The molecule has 3 heteroatoms. The molecule has 123 valence electrons. The second-order valence-electron chi connectivity index (χ2n) is 8.08. The molecule has 4 aliphatic carbocycles. The molecule has 0 spiro atoms. The van der Waals surface area contributed by atoms with Crippen LogP contribution in [-0.2, 0) is 5.60 Å². The molecule has 0 unspecified atom stereocenters. The maximum absolute atomic E-state index is 11.9. The third-order valence-corrected chi connectivity index (χ3v) is 7.07. The molecule has 0 atom stereocenters. The zero-order chi connectivity index (χ0) is 16.3. The lowest BCUT2D eigenvalue weighted by Crippen LogP contribution is -2.55. The van der Waals surface area contributed by atoms with Gasteiger partial charge in [0, 0.05) is 5.39 Å². The summed E-state index contributed by atoms with van der Waals surface area (Å²) in [5.41, 5.74) is 0.479. The summed E-state index contributed by atoms with van der Waals surface area (Å²) in [6.45, 7) is 0. The van der Waals surface area contributed by atoms with Crippen molar-refractivity contribution in [3.8, 4) is 5.75 Å². The molecule has 4 fully saturated rings. The van der Waals surface area contributed by atoms with Gasteiger partial charge >= 0.3 is 0 Å². The van der Waals surface area contributed by atoms with E-state index in [1.54, 1.807) is 0 Å². The average Bonchev–Trinajstić information content (AvgIpc) is 2.59. The van der Waals surface area contributed by atoms with Gasteiger partial charge in [0.05, 0.1) is 22.1 Å². The van der Waals surface area contributed by atoms with E-state index in [-0.39, 0.29) is 0 Å². The predicted molar refractivity (Wildman–Crippen MR) is 96.1 cm³/mol. The number of hydrogen-bond acceptors (Lipinski definition) is 2. The van der Waals surface area contributed by atoms with Crippen molar-refractivity contribution in [2.24, 2.45) is 23.7 Å². The minimum absolute atomic E-state index is 0.430. The van der Waals surface area contributed by atoms with E-state index in [1.807, 2.05) is 12.1 Å². The first-order chi connectivity index (χ1) is 11.7. The SMILES string of the molecule is OC1(c2ccc(OC[Si])c3ccccc23)C2CC3CC(C2)CC1C3. The number of ether oxygens (including phenoxy) is 1. The Kier molecular flexibility index (Phi) is 3.33. The van der Waals surface area contributed by atoms with Gasteiger partial charge < -0.3 is 9.84 Å². The summed E-state index contributed by atoms with van der Waals surface area (Å²) in [5.74, 6) is 3.46. The standard InChI is InChI=1S/C21H23O2Si/c22-21(15-8-13-7-14(10-15)11-16(21)9-13)19-5-6-20(23-12-24)18-4-2-1-3-17(18)19/h1-6,13-16,22H,7-12H2. The number of rotatable bonds is 3. The van der Waals surface area contributed by atoms with Gasteiger partial charge in [-0.25, -0.2) is 0 Å². The quantitative estimate of drug-likeness (QED) is 0.860. The molecule has 0 aliphatic heterocycles. The van der Waals surface area contributed by atoms with Crippen LogP contribution >= 0.6 is 0 Å². The first-order valence-corrected chi connectivity index (χ1v) is 9.92. The second kappa shape index (κ2) is 5.34. The molecule has 2 aromatic rings. The van der Waals surface area contributed by atoms with Gasteiger partial charge in [-0.15, -0.1) is 0 Å². The lowest BCUT2D eigenvalue weighted by Gasteiger charge is -2.59. The Labute approximate surface area is 146 Å². The normalized spacial score (nSPS) is 37.1. The first-order valence-electron chi connectivity index (χ1n) is 9.22. The van der Waals surface area contributed by atoms with Crippen LogP contribution in [0.5, 0.6) is 5.75 Å². The Morgan fingerprint density at radius 2 is 1.54 bits per heavy atom. The largest absolute Gasteiger partial charge is 0.497 e. The van der Waals surface area contributed by atoms with Crippen LogP contribution < -0.4 is 4.74 Å². The fraction of sp³-hybridized carbons (Fsp3) is 0.524. The van der Waals surface area contributed by atoms with Crippen molar-refractivity contribution in [1.82, 2.24) is 0 Å². The van der Waals surface area contributed by atoms with E-state index >= 15 is 0 Å². The maximum Gasteiger partial charge on any atom is 0.126 e. The third kappa shape index (κ3) is 1.97. The molecule has 2 aromatic carbocycles. The van der Waals surface area contributed by atoms with Crippen LogP contribution in [0.15, 0.2) is 36.4 Å². The molecule has 4 aliphatic rings. The zero-order valence-corrected chi connectivity index (χ0v) is 14.9. The zero-order valence-electron chi connectivity index (χ0n) is 13.9. The molecule has 4 saturated carbocycles. The highest BCUT2D eigenvalue weighted by atomic mass is 28.1. The van der Waals surface area contributed by atoms with Crippen molar-refractivity contribution in [2.45, 2.75) is 37.7 Å². The number of fused-ring (bicyclic) bond motifs is 1. The van der Waals surface area contributed by atoms with E-state index in [9.17, 15) is 5.11 Å². The fourth-order valence-corrected chi connectivity index (χ4v) is 6.32. The molecule has 0 heterocycles. The van der Waals surface area contributed by atoms with Gasteiger partial charge in [-0.05, 0) is 72.8 Å². The summed E-state index contributed by atoms with van der Waals surface area (Å²) in [6.07, 6.45) is 6.70. The Hall–Kier alpha value is -1.32. The monoisotopic (exact) mass is 335 g/mol. The first kappa shape index (κ1) is 15.0. The lowest BCUT2D eigenvalue weighted by atomic mass is 9.48. The van der Waals surface area contributed by atoms with E-state index in [1.165, 1.54) is 32.1 Å². The van der Waals surface area contributed by atoms with Crippen molar-refractivity contribution in [3.05, 3.63) is 42.0 Å². The van der Waals surface area contributed by atoms with Gasteiger partial charge in [-0.2, -0.15) is 0 Å². The fourth-order valence-electron chi connectivity index (χ4n) is 6.17. The highest BCUT2D eigenvalue weighted by Crippen LogP contribution is 2.62. The topological polar surface area (TPSA) is 29.5 Å². The molecule has 1 N–H and O–H groups in total. The lowest BCUT2D eigenvalue weighted by molar-refractivity contribution is -0.178. The van der Waals surface area contributed by atoms with Crippen LogP contribution in [0.3, 0.4) is 0 Å². The minimum atomic E-state index is -0.653. The molecule has 3 radical (unpaired) electrons.